The van der Waals surface area contributed by atoms with Crippen LogP contribution in [0, 0.1) is 0 Å². The third kappa shape index (κ3) is 4.91. The molecular weight excluding hydrogens is 206 g/mol. The van der Waals surface area contributed by atoms with Crippen molar-refractivity contribution in [3.63, 3.8) is 0 Å². The number of hydrogen-bond donors (Lipinski definition) is 2. The molecule has 0 radical (unpaired) electrons. The molecule has 0 atom stereocenters. The average Bonchev–Trinajstić information content (AvgIpc) is 2.32. The van der Waals surface area contributed by atoms with Crippen LogP contribution in [0.15, 0.2) is 30.3 Å². The summed E-state index contributed by atoms with van der Waals surface area (Å²) < 4.78 is 0. The first kappa shape index (κ1) is 12.7. The van der Waals surface area contributed by atoms with Crippen LogP contribution in [0.1, 0.15) is 29.6 Å². The van der Waals surface area contributed by atoms with Crippen molar-refractivity contribution in [1.82, 2.24) is 5.06 Å². The fourth-order valence-electron chi connectivity index (χ4n) is 1.46. The first-order valence-corrected chi connectivity index (χ1v) is 5.42. The molecule has 16 heavy (non-hydrogen) atoms. The van der Waals surface area contributed by atoms with Gasteiger partial charge in [0.1, 0.15) is 0 Å². The first-order chi connectivity index (χ1) is 7.70. The zero-order valence-corrected chi connectivity index (χ0v) is 9.17. The molecule has 0 unspecified atom stereocenters. The summed E-state index contributed by atoms with van der Waals surface area (Å²) in [6.07, 6.45) is 3.62. The van der Waals surface area contributed by atoms with Crippen molar-refractivity contribution < 1.29 is 15.1 Å². The Morgan fingerprint density at radius 3 is 1.94 bits per heavy atom. The van der Waals surface area contributed by atoms with Gasteiger partial charge in [-0.25, -0.2) is 4.79 Å². The SMILES string of the molecule is O=C(O)c1ccccc1.ON1CCCCC1. The van der Waals surface area contributed by atoms with Crippen LogP contribution in [-0.2, 0) is 0 Å². The van der Waals surface area contributed by atoms with E-state index in [4.69, 9.17) is 10.3 Å². The Morgan fingerprint density at radius 1 is 1.06 bits per heavy atom. The summed E-state index contributed by atoms with van der Waals surface area (Å²) in [6.45, 7) is 1.75. The normalized spacial score (nSPS) is 16.1. The third-order valence-corrected chi connectivity index (χ3v) is 2.35. The van der Waals surface area contributed by atoms with Crippen LogP contribution in [0.3, 0.4) is 0 Å². The summed E-state index contributed by atoms with van der Waals surface area (Å²) in [7, 11) is 0. The molecule has 0 spiro atoms. The molecule has 1 fully saturated rings. The molecule has 1 heterocycles. The average molecular weight is 223 g/mol. The van der Waals surface area contributed by atoms with Gasteiger partial charge in [-0.2, -0.15) is 5.06 Å². The Balaban J connectivity index is 0.000000165. The third-order valence-electron chi connectivity index (χ3n) is 2.35. The predicted molar refractivity (Wildman–Crippen MR) is 60.6 cm³/mol. The Hall–Kier alpha value is -1.39. The van der Waals surface area contributed by atoms with Crippen LogP contribution in [-0.4, -0.2) is 34.4 Å². The fourth-order valence-corrected chi connectivity index (χ4v) is 1.46. The van der Waals surface area contributed by atoms with Gasteiger partial charge in [0.15, 0.2) is 0 Å². The second kappa shape index (κ2) is 6.98. The highest BCUT2D eigenvalue weighted by Gasteiger charge is 2.04. The summed E-state index contributed by atoms with van der Waals surface area (Å²) in [6, 6.07) is 8.30. The highest BCUT2D eigenvalue weighted by atomic mass is 16.5. The molecule has 1 aromatic rings. The Bertz CT molecular complexity index is 307. The maximum Gasteiger partial charge on any atom is 0.335 e. The van der Waals surface area contributed by atoms with Gasteiger partial charge in [-0.1, -0.05) is 24.6 Å². The number of carboxylic acids is 1. The number of benzene rings is 1. The van der Waals surface area contributed by atoms with E-state index in [9.17, 15) is 4.79 Å². The topological polar surface area (TPSA) is 60.8 Å². The zero-order valence-electron chi connectivity index (χ0n) is 9.17. The minimum absolute atomic E-state index is 0.331. The monoisotopic (exact) mass is 223 g/mol. The second-order valence-electron chi connectivity index (χ2n) is 3.69. The van der Waals surface area contributed by atoms with Gasteiger partial charge in [0, 0.05) is 13.1 Å². The van der Waals surface area contributed by atoms with Crippen LogP contribution in [0.5, 0.6) is 0 Å². The van der Waals surface area contributed by atoms with E-state index >= 15 is 0 Å². The van der Waals surface area contributed by atoms with Gasteiger partial charge < -0.3 is 10.3 Å². The Kier molecular flexibility index (Phi) is 5.53. The molecule has 1 aliphatic rings. The lowest BCUT2D eigenvalue weighted by atomic mass is 10.2. The summed E-state index contributed by atoms with van der Waals surface area (Å²) in [5.74, 6) is -0.879. The lowest BCUT2D eigenvalue weighted by Gasteiger charge is -2.18. The molecule has 0 bridgehead atoms. The predicted octanol–water partition coefficient (Wildman–Crippen LogP) is 2.25. The lowest BCUT2D eigenvalue weighted by Crippen LogP contribution is -2.25. The van der Waals surface area contributed by atoms with Crippen molar-refractivity contribution in [2.45, 2.75) is 19.3 Å². The summed E-state index contributed by atoms with van der Waals surface area (Å²) in [4.78, 5) is 10.2. The quantitative estimate of drug-likeness (QED) is 0.766. The van der Waals surface area contributed by atoms with E-state index in [1.54, 1.807) is 30.3 Å². The van der Waals surface area contributed by atoms with Gasteiger partial charge in [-0.3, -0.25) is 0 Å². The van der Waals surface area contributed by atoms with Crippen LogP contribution >= 0.6 is 0 Å². The molecule has 0 aliphatic carbocycles. The highest BCUT2D eigenvalue weighted by Crippen LogP contribution is 2.04. The van der Waals surface area contributed by atoms with E-state index in [2.05, 4.69) is 0 Å². The van der Waals surface area contributed by atoms with Crippen molar-refractivity contribution in [3.05, 3.63) is 35.9 Å². The fraction of sp³-hybridized carbons (Fsp3) is 0.417. The summed E-state index contributed by atoms with van der Waals surface area (Å²) in [5, 5.41) is 18.5. The number of hydroxylamine groups is 2. The molecule has 1 aromatic carbocycles. The molecule has 0 saturated carbocycles. The molecule has 2 rings (SSSR count). The van der Waals surface area contributed by atoms with Gasteiger partial charge in [-0.15, -0.1) is 0 Å². The van der Waals surface area contributed by atoms with E-state index < -0.39 is 5.97 Å². The van der Waals surface area contributed by atoms with Gasteiger partial charge in [0.2, 0.25) is 0 Å². The van der Waals surface area contributed by atoms with E-state index in [1.165, 1.54) is 11.5 Å². The minimum Gasteiger partial charge on any atom is -0.478 e. The van der Waals surface area contributed by atoms with Gasteiger partial charge in [0.05, 0.1) is 5.56 Å². The number of nitrogens with zero attached hydrogens (tertiary/aromatic N) is 1. The van der Waals surface area contributed by atoms with Crippen LogP contribution in [0.25, 0.3) is 0 Å². The zero-order chi connectivity index (χ0) is 11.8. The van der Waals surface area contributed by atoms with Gasteiger partial charge >= 0.3 is 5.97 Å². The lowest BCUT2D eigenvalue weighted by molar-refractivity contribution is -0.103. The maximum atomic E-state index is 10.2. The van der Waals surface area contributed by atoms with E-state index in [-0.39, 0.29) is 0 Å². The van der Waals surface area contributed by atoms with E-state index in [0.717, 1.165) is 25.9 Å². The molecule has 0 aromatic heterocycles. The highest BCUT2D eigenvalue weighted by molar-refractivity contribution is 5.87. The molecule has 1 saturated heterocycles. The smallest absolute Gasteiger partial charge is 0.335 e. The van der Waals surface area contributed by atoms with Crippen molar-refractivity contribution >= 4 is 5.97 Å². The van der Waals surface area contributed by atoms with Gasteiger partial charge in [0.25, 0.3) is 0 Å². The molecule has 1 aliphatic heterocycles. The van der Waals surface area contributed by atoms with Crippen LogP contribution in [0.4, 0.5) is 0 Å². The Labute approximate surface area is 95.1 Å². The summed E-state index contributed by atoms with van der Waals surface area (Å²) in [5.41, 5.74) is 0.331. The van der Waals surface area contributed by atoms with Gasteiger partial charge in [-0.05, 0) is 25.0 Å². The first-order valence-electron chi connectivity index (χ1n) is 5.42. The number of aromatic carboxylic acids is 1. The second-order valence-corrected chi connectivity index (χ2v) is 3.69. The number of carboxylic acid groups (broad SMARTS) is 1. The molecule has 4 nitrogen and oxygen atoms in total. The number of carbonyl (C=O) groups is 1. The molecule has 0 amide bonds. The van der Waals surface area contributed by atoms with Crippen LogP contribution < -0.4 is 0 Å². The van der Waals surface area contributed by atoms with Crippen LogP contribution in [0.2, 0.25) is 0 Å². The molecule has 2 N–H and O–H groups in total. The number of rotatable bonds is 1. The largest absolute Gasteiger partial charge is 0.478 e. The molecule has 4 heteroatoms. The minimum atomic E-state index is -0.879. The number of piperidine rings is 1. The molecular formula is C12H17NO3. The van der Waals surface area contributed by atoms with Crippen molar-refractivity contribution in [2.24, 2.45) is 0 Å². The van der Waals surface area contributed by atoms with Crippen molar-refractivity contribution in [1.29, 1.82) is 0 Å². The number of hydrogen-bond acceptors (Lipinski definition) is 3. The van der Waals surface area contributed by atoms with E-state index in [1.807, 2.05) is 0 Å². The van der Waals surface area contributed by atoms with Crippen molar-refractivity contribution in [2.75, 3.05) is 13.1 Å². The standard InChI is InChI=1S/C7H6O2.C5H11NO/c8-7(9)6-4-2-1-3-5-6;7-6-4-2-1-3-5-6/h1-5H,(H,8,9);7H,1-5H2. The summed E-state index contributed by atoms with van der Waals surface area (Å²) >= 11 is 0. The van der Waals surface area contributed by atoms with Crippen molar-refractivity contribution in [3.8, 4) is 0 Å². The van der Waals surface area contributed by atoms with E-state index in [0.29, 0.717) is 5.56 Å². The Morgan fingerprint density at radius 2 is 1.62 bits per heavy atom. The maximum absolute atomic E-state index is 10.2. The molecule has 88 valence electrons.